The first kappa shape index (κ1) is 21.3. The Bertz CT molecular complexity index is 1120. The fraction of sp³-hybridized carbons (Fsp3) is 0.292. The predicted octanol–water partition coefficient (Wildman–Crippen LogP) is 4.43. The lowest BCUT2D eigenvalue weighted by molar-refractivity contribution is -0.116. The van der Waals surface area contributed by atoms with Gasteiger partial charge in [-0.25, -0.2) is 8.42 Å². The van der Waals surface area contributed by atoms with Crippen LogP contribution in [-0.4, -0.2) is 36.7 Å². The Hall–Kier alpha value is -2.90. The van der Waals surface area contributed by atoms with E-state index in [1.807, 2.05) is 42.5 Å². The Labute approximate surface area is 183 Å². The van der Waals surface area contributed by atoms with Gasteiger partial charge in [-0.05, 0) is 61.2 Å². The molecule has 1 fully saturated rings. The molecule has 31 heavy (non-hydrogen) atoms. The Kier molecular flexibility index (Phi) is 6.53. The lowest BCUT2D eigenvalue weighted by atomic mass is 10.2. The molecule has 1 saturated heterocycles. The van der Waals surface area contributed by atoms with Gasteiger partial charge in [0.05, 0.1) is 4.90 Å². The first-order valence-electron chi connectivity index (χ1n) is 10.7. The zero-order valence-corrected chi connectivity index (χ0v) is 18.2. The van der Waals surface area contributed by atoms with E-state index in [-0.39, 0.29) is 10.8 Å². The molecular weight excluding hydrogens is 410 g/mol. The van der Waals surface area contributed by atoms with E-state index >= 15 is 0 Å². The maximum Gasteiger partial charge on any atom is 0.243 e. The minimum atomic E-state index is -3.46. The SMILES string of the molecule is O=C(CCc1ccc(-c2ccccc2)[nH]1)Nc1ccc(S(=O)(=O)N2CCCCC2)cc1. The third-order valence-corrected chi connectivity index (χ3v) is 7.46. The average molecular weight is 438 g/mol. The van der Waals surface area contributed by atoms with Crippen molar-refractivity contribution in [1.29, 1.82) is 0 Å². The summed E-state index contributed by atoms with van der Waals surface area (Å²) in [5.41, 5.74) is 3.73. The maximum absolute atomic E-state index is 12.7. The van der Waals surface area contributed by atoms with Gasteiger partial charge in [-0.15, -0.1) is 0 Å². The van der Waals surface area contributed by atoms with Crippen molar-refractivity contribution in [3.8, 4) is 11.3 Å². The molecule has 6 nitrogen and oxygen atoms in total. The number of sulfonamides is 1. The molecule has 2 aromatic carbocycles. The normalized spacial score (nSPS) is 15.0. The second-order valence-corrected chi connectivity index (χ2v) is 9.74. The molecule has 1 aliphatic heterocycles. The van der Waals surface area contributed by atoms with Gasteiger partial charge < -0.3 is 10.3 Å². The van der Waals surface area contributed by atoms with Crippen LogP contribution in [0.5, 0.6) is 0 Å². The molecular formula is C24H27N3O3S. The third-order valence-electron chi connectivity index (χ3n) is 5.54. The number of aromatic amines is 1. The van der Waals surface area contributed by atoms with Gasteiger partial charge in [0, 0.05) is 36.6 Å². The number of nitrogens with one attached hydrogen (secondary N) is 2. The topological polar surface area (TPSA) is 82.3 Å². The Balaban J connectivity index is 1.31. The smallest absolute Gasteiger partial charge is 0.243 e. The van der Waals surface area contributed by atoms with Crippen LogP contribution in [0.15, 0.2) is 71.6 Å². The predicted molar refractivity (Wildman–Crippen MR) is 122 cm³/mol. The van der Waals surface area contributed by atoms with Gasteiger partial charge in [-0.3, -0.25) is 4.79 Å². The van der Waals surface area contributed by atoms with Crippen molar-refractivity contribution in [3.05, 3.63) is 72.4 Å². The highest BCUT2D eigenvalue weighted by Crippen LogP contribution is 2.22. The van der Waals surface area contributed by atoms with E-state index in [4.69, 9.17) is 0 Å². The molecule has 7 heteroatoms. The van der Waals surface area contributed by atoms with E-state index in [0.717, 1.165) is 36.2 Å². The molecule has 0 spiro atoms. The number of H-pyrrole nitrogens is 1. The van der Waals surface area contributed by atoms with Crippen molar-refractivity contribution in [2.24, 2.45) is 0 Å². The monoisotopic (exact) mass is 437 g/mol. The second-order valence-electron chi connectivity index (χ2n) is 7.80. The summed E-state index contributed by atoms with van der Waals surface area (Å²) >= 11 is 0. The summed E-state index contributed by atoms with van der Waals surface area (Å²) in [6, 6.07) is 20.5. The molecule has 2 N–H and O–H groups in total. The molecule has 0 saturated carbocycles. The van der Waals surface area contributed by atoms with Crippen LogP contribution >= 0.6 is 0 Å². The quantitative estimate of drug-likeness (QED) is 0.574. The first-order chi connectivity index (χ1) is 15.0. The summed E-state index contributed by atoms with van der Waals surface area (Å²) in [7, 11) is -3.46. The lowest BCUT2D eigenvalue weighted by Gasteiger charge is -2.25. The number of benzene rings is 2. The van der Waals surface area contributed by atoms with Crippen molar-refractivity contribution in [2.75, 3.05) is 18.4 Å². The van der Waals surface area contributed by atoms with Crippen LogP contribution < -0.4 is 5.32 Å². The maximum atomic E-state index is 12.7. The Morgan fingerprint density at radius 2 is 1.61 bits per heavy atom. The van der Waals surface area contributed by atoms with Crippen molar-refractivity contribution in [3.63, 3.8) is 0 Å². The molecule has 4 rings (SSSR count). The summed E-state index contributed by atoms with van der Waals surface area (Å²) in [5.74, 6) is -0.109. The van der Waals surface area contributed by atoms with Crippen LogP contribution in [0.2, 0.25) is 0 Å². The standard InChI is InChI=1S/C24H27N3O3S/c28-24(16-12-20-11-15-23(25-20)19-7-3-1-4-8-19)26-21-9-13-22(14-10-21)31(29,30)27-17-5-2-6-18-27/h1,3-4,7-11,13-15,25H,2,5-6,12,16-18H2,(H,26,28). The number of nitrogens with zero attached hydrogens (tertiary/aromatic N) is 1. The summed E-state index contributed by atoms with van der Waals surface area (Å²) in [4.78, 5) is 16.0. The average Bonchev–Trinajstić information content (AvgIpc) is 3.28. The van der Waals surface area contributed by atoms with Crippen LogP contribution in [0.4, 0.5) is 5.69 Å². The van der Waals surface area contributed by atoms with Gasteiger partial charge in [-0.1, -0.05) is 36.8 Å². The van der Waals surface area contributed by atoms with Crippen LogP contribution in [0, 0.1) is 0 Å². The number of hydrogen-bond donors (Lipinski definition) is 2. The number of anilines is 1. The first-order valence-corrected chi connectivity index (χ1v) is 12.1. The molecule has 0 bridgehead atoms. The van der Waals surface area contributed by atoms with Gasteiger partial charge in [0.1, 0.15) is 0 Å². The lowest BCUT2D eigenvalue weighted by Crippen LogP contribution is -2.35. The minimum Gasteiger partial charge on any atom is -0.358 e. The Morgan fingerprint density at radius 3 is 2.32 bits per heavy atom. The number of hydrogen-bond acceptors (Lipinski definition) is 3. The molecule has 162 valence electrons. The molecule has 1 amide bonds. The number of carbonyl (C=O) groups excluding carboxylic acids is 1. The van der Waals surface area contributed by atoms with Crippen molar-refractivity contribution in [1.82, 2.24) is 9.29 Å². The summed E-state index contributed by atoms with van der Waals surface area (Å²) < 4.78 is 27.0. The van der Waals surface area contributed by atoms with E-state index in [9.17, 15) is 13.2 Å². The van der Waals surface area contributed by atoms with Crippen LogP contribution in [0.3, 0.4) is 0 Å². The number of aryl methyl sites for hydroxylation is 1. The number of piperidine rings is 1. The third kappa shape index (κ3) is 5.24. The Morgan fingerprint density at radius 1 is 0.903 bits per heavy atom. The number of rotatable bonds is 7. The fourth-order valence-corrected chi connectivity index (χ4v) is 5.33. The van der Waals surface area contributed by atoms with Gasteiger partial charge in [0.15, 0.2) is 0 Å². The van der Waals surface area contributed by atoms with Crippen molar-refractivity contribution < 1.29 is 13.2 Å². The molecule has 1 aliphatic rings. The number of carbonyl (C=O) groups is 1. The molecule has 0 aliphatic carbocycles. The van der Waals surface area contributed by atoms with Crippen molar-refractivity contribution in [2.45, 2.75) is 37.0 Å². The molecule has 0 unspecified atom stereocenters. The summed E-state index contributed by atoms with van der Waals surface area (Å²) in [6.45, 7) is 1.15. The van der Waals surface area contributed by atoms with Gasteiger partial charge in [0.25, 0.3) is 0 Å². The molecule has 2 heterocycles. The number of aromatic nitrogens is 1. The zero-order chi connectivity index (χ0) is 21.7. The highest BCUT2D eigenvalue weighted by Gasteiger charge is 2.25. The second kappa shape index (κ2) is 9.49. The van der Waals surface area contributed by atoms with E-state index in [2.05, 4.69) is 10.3 Å². The minimum absolute atomic E-state index is 0.109. The van der Waals surface area contributed by atoms with E-state index in [1.165, 1.54) is 0 Å². The summed E-state index contributed by atoms with van der Waals surface area (Å²) in [5, 5.41) is 2.85. The van der Waals surface area contributed by atoms with Crippen LogP contribution in [0.1, 0.15) is 31.4 Å². The fourth-order valence-electron chi connectivity index (χ4n) is 3.81. The van der Waals surface area contributed by atoms with Crippen molar-refractivity contribution >= 4 is 21.6 Å². The molecule has 0 radical (unpaired) electrons. The zero-order valence-electron chi connectivity index (χ0n) is 17.4. The largest absolute Gasteiger partial charge is 0.358 e. The van der Waals surface area contributed by atoms with Gasteiger partial charge in [-0.2, -0.15) is 4.31 Å². The molecule has 0 atom stereocenters. The van der Waals surface area contributed by atoms with E-state index in [0.29, 0.717) is 31.6 Å². The van der Waals surface area contributed by atoms with Crippen LogP contribution in [0.25, 0.3) is 11.3 Å². The highest BCUT2D eigenvalue weighted by atomic mass is 32.2. The number of amides is 1. The highest BCUT2D eigenvalue weighted by molar-refractivity contribution is 7.89. The van der Waals surface area contributed by atoms with Gasteiger partial charge >= 0.3 is 0 Å². The van der Waals surface area contributed by atoms with E-state index in [1.54, 1.807) is 28.6 Å². The van der Waals surface area contributed by atoms with E-state index < -0.39 is 10.0 Å². The molecule has 3 aromatic rings. The van der Waals surface area contributed by atoms with Gasteiger partial charge in [0.2, 0.25) is 15.9 Å². The summed E-state index contributed by atoms with van der Waals surface area (Å²) in [6.07, 6.45) is 3.82. The van der Waals surface area contributed by atoms with Crippen LogP contribution in [-0.2, 0) is 21.2 Å². The molecule has 1 aromatic heterocycles.